The van der Waals surface area contributed by atoms with Gasteiger partial charge in [0.15, 0.2) is 12.4 Å². The fourth-order valence-corrected chi connectivity index (χ4v) is 3.08. The number of esters is 1. The van der Waals surface area contributed by atoms with Crippen LogP contribution in [-0.4, -0.2) is 36.7 Å². The highest BCUT2D eigenvalue weighted by molar-refractivity contribution is 14.1. The molecule has 0 unspecified atom stereocenters. The second-order valence-corrected chi connectivity index (χ2v) is 7.01. The number of non-ortho nitro benzene ring substituents is 1. The van der Waals surface area contributed by atoms with Crippen LogP contribution in [0.15, 0.2) is 52.0 Å². The van der Waals surface area contributed by atoms with Crippen molar-refractivity contribution in [3.63, 3.8) is 0 Å². The summed E-state index contributed by atoms with van der Waals surface area (Å²) in [5.74, 6) is -0.598. The number of carbonyl (C=O) groups excluding carboxylic acids is 2. The zero-order chi connectivity index (χ0) is 21.7. The minimum absolute atomic E-state index is 0.0243. The molecule has 0 saturated heterocycles. The first-order valence-corrected chi connectivity index (χ1v) is 9.46. The third kappa shape index (κ3) is 5.11. The molecule has 11 heteroatoms. The third-order valence-corrected chi connectivity index (χ3v) is 4.69. The summed E-state index contributed by atoms with van der Waals surface area (Å²) < 4.78 is 16.0. The van der Waals surface area contributed by atoms with Crippen molar-refractivity contribution >= 4 is 57.3 Å². The molecular weight excluding hydrogens is 509 g/mol. The number of ether oxygens (including phenoxy) is 2. The van der Waals surface area contributed by atoms with Gasteiger partial charge in [-0.3, -0.25) is 14.9 Å². The molecule has 0 radical (unpaired) electrons. The maximum absolute atomic E-state index is 12.2. The summed E-state index contributed by atoms with van der Waals surface area (Å²) in [7, 11) is 1.28. The van der Waals surface area contributed by atoms with Crippen LogP contribution in [0.1, 0.15) is 16.1 Å². The number of rotatable bonds is 7. The molecule has 0 spiro atoms. The van der Waals surface area contributed by atoms with Crippen LogP contribution in [0.25, 0.3) is 11.0 Å². The van der Waals surface area contributed by atoms with E-state index in [-0.39, 0.29) is 18.1 Å². The van der Waals surface area contributed by atoms with Gasteiger partial charge < -0.3 is 13.9 Å². The van der Waals surface area contributed by atoms with Crippen LogP contribution in [0, 0.1) is 13.7 Å². The zero-order valence-corrected chi connectivity index (χ0v) is 17.6. The lowest BCUT2D eigenvalue weighted by molar-refractivity contribution is -0.384. The summed E-state index contributed by atoms with van der Waals surface area (Å²) in [5, 5.41) is 15.2. The van der Waals surface area contributed by atoms with Gasteiger partial charge in [-0.1, -0.05) is 0 Å². The van der Waals surface area contributed by atoms with E-state index < -0.39 is 16.8 Å². The number of fused-ring (bicyclic) bond motifs is 1. The Bertz CT molecular complexity index is 1160. The molecule has 154 valence electrons. The fourth-order valence-electron chi connectivity index (χ4n) is 2.39. The quantitative estimate of drug-likeness (QED) is 0.165. The highest BCUT2D eigenvalue weighted by Gasteiger charge is 2.14. The van der Waals surface area contributed by atoms with Crippen LogP contribution in [0.2, 0.25) is 0 Å². The Hall–Kier alpha value is -3.48. The summed E-state index contributed by atoms with van der Waals surface area (Å²) in [5.41, 5.74) is 3.28. The Labute approximate surface area is 183 Å². The number of nitrogens with zero attached hydrogens (tertiary/aromatic N) is 2. The average molecular weight is 523 g/mol. The molecule has 1 amide bonds. The molecule has 3 aromatic rings. The van der Waals surface area contributed by atoms with Crippen molar-refractivity contribution < 1.29 is 28.4 Å². The van der Waals surface area contributed by atoms with E-state index >= 15 is 0 Å². The number of nitro groups is 1. The summed E-state index contributed by atoms with van der Waals surface area (Å²) >= 11 is 2.05. The first kappa shape index (κ1) is 21.2. The van der Waals surface area contributed by atoms with Gasteiger partial charge in [0.2, 0.25) is 0 Å². The maximum atomic E-state index is 12.2. The van der Waals surface area contributed by atoms with E-state index in [9.17, 15) is 19.7 Å². The van der Waals surface area contributed by atoms with Gasteiger partial charge in [0.05, 0.1) is 21.8 Å². The number of furan rings is 1. The highest BCUT2D eigenvalue weighted by atomic mass is 127. The van der Waals surface area contributed by atoms with Crippen molar-refractivity contribution in [2.24, 2.45) is 5.10 Å². The predicted octanol–water partition coefficient (Wildman–Crippen LogP) is 3.26. The Morgan fingerprint density at radius 3 is 2.77 bits per heavy atom. The van der Waals surface area contributed by atoms with Crippen molar-refractivity contribution in [2.45, 2.75) is 0 Å². The molecule has 0 atom stereocenters. The number of nitro benzene ring substituents is 1. The Balaban J connectivity index is 1.64. The molecule has 0 saturated carbocycles. The van der Waals surface area contributed by atoms with Crippen molar-refractivity contribution in [2.75, 3.05) is 13.7 Å². The first-order chi connectivity index (χ1) is 14.4. The van der Waals surface area contributed by atoms with Gasteiger partial charge in [0, 0.05) is 17.5 Å². The molecule has 30 heavy (non-hydrogen) atoms. The SMILES string of the molecule is COC(=O)COc1ccc(/C=N/NC(=O)c2cc3cc([N+](=O)[O-])ccc3o2)cc1I. The second-order valence-electron chi connectivity index (χ2n) is 5.84. The number of amides is 1. The molecule has 2 aromatic carbocycles. The third-order valence-electron chi connectivity index (χ3n) is 3.84. The molecule has 1 aromatic heterocycles. The van der Waals surface area contributed by atoms with Gasteiger partial charge in [0.25, 0.3) is 5.69 Å². The molecular formula is C19H14IN3O7. The van der Waals surface area contributed by atoms with E-state index in [1.54, 1.807) is 18.2 Å². The maximum Gasteiger partial charge on any atom is 0.343 e. The molecule has 1 heterocycles. The van der Waals surface area contributed by atoms with E-state index in [4.69, 9.17) is 9.15 Å². The smallest absolute Gasteiger partial charge is 0.343 e. The van der Waals surface area contributed by atoms with Gasteiger partial charge in [-0.2, -0.15) is 5.10 Å². The van der Waals surface area contributed by atoms with Gasteiger partial charge in [-0.15, -0.1) is 0 Å². The average Bonchev–Trinajstić information content (AvgIpc) is 3.16. The van der Waals surface area contributed by atoms with Crippen molar-refractivity contribution in [1.29, 1.82) is 0 Å². The Morgan fingerprint density at radius 1 is 1.27 bits per heavy atom. The fraction of sp³-hybridized carbons (Fsp3) is 0.105. The van der Waals surface area contributed by atoms with Gasteiger partial charge >= 0.3 is 11.9 Å². The number of methoxy groups -OCH3 is 1. The van der Waals surface area contributed by atoms with Crippen LogP contribution in [-0.2, 0) is 9.53 Å². The lowest BCUT2D eigenvalue weighted by Gasteiger charge is -2.07. The van der Waals surface area contributed by atoms with Crippen LogP contribution in [0.4, 0.5) is 5.69 Å². The predicted molar refractivity (Wildman–Crippen MR) is 115 cm³/mol. The second kappa shape index (κ2) is 9.35. The van der Waals surface area contributed by atoms with E-state index in [0.717, 1.165) is 3.57 Å². The lowest BCUT2D eigenvalue weighted by atomic mass is 10.2. The minimum Gasteiger partial charge on any atom is -0.481 e. The van der Waals surface area contributed by atoms with Crippen LogP contribution < -0.4 is 10.2 Å². The number of hydrazone groups is 1. The van der Waals surface area contributed by atoms with E-state index in [2.05, 4.69) is 15.3 Å². The number of benzene rings is 2. The lowest BCUT2D eigenvalue weighted by Crippen LogP contribution is -2.16. The molecule has 0 aliphatic rings. The number of hydrogen-bond acceptors (Lipinski definition) is 8. The minimum atomic E-state index is -0.599. The molecule has 0 aliphatic heterocycles. The van der Waals surface area contributed by atoms with E-state index in [1.807, 2.05) is 22.6 Å². The number of halogens is 1. The molecule has 10 nitrogen and oxygen atoms in total. The molecule has 3 rings (SSSR count). The normalized spacial score (nSPS) is 10.9. The zero-order valence-electron chi connectivity index (χ0n) is 15.5. The van der Waals surface area contributed by atoms with Crippen LogP contribution in [0.5, 0.6) is 5.75 Å². The monoisotopic (exact) mass is 523 g/mol. The molecule has 0 fully saturated rings. The summed E-state index contributed by atoms with van der Waals surface area (Å²) in [6.45, 7) is -0.198. The Morgan fingerprint density at radius 2 is 2.07 bits per heavy atom. The van der Waals surface area contributed by atoms with Crippen molar-refractivity contribution in [1.82, 2.24) is 5.43 Å². The van der Waals surface area contributed by atoms with E-state index in [1.165, 1.54) is 37.6 Å². The van der Waals surface area contributed by atoms with Gasteiger partial charge in [-0.25, -0.2) is 10.2 Å². The largest absolute Gasteiger partial charge is 0.481 e. The van der Waals surface area contributed by atoms with Crippen molar-refractivity contribution in [3.05, 3.63) is 67.5 Å². The van der Waals surface area contributed by atoms with Gasteiger partial charge in [-0.05, 0) is 58.5 Å². The molecule has 0 bridgehead atoms. The highest BCUT2D eigenvalue weighted by Crippen LogP contribution is 2.24. The van der Waals surface area contributed by atoms with Crippen LogP contribution >= 0.6 is 22.6 Å². The number of nitrogens with one attached hydrogen (secondary N) is 1. The Kier molecular flexibility index (Phi) is 6.61. The summed E-state index contributed by atoms with van der Waals surface area (Å²) in [4.78, 5) is 33.7. The number of hydrogen-bond donors (Lipinski definition) is 1. The van der Waals surface area contributed by atoms with Crippen LogP contribution in [0.3, 0.4) is 0 Å². The molecule has 0 aliphatic carbocycles. The summed E-state index contributed by atoms with van der Waals surface area (Å²) in [6.07, 6.45) is 1.43. The van der Waals surface area contributed by atoms with Gasteiger partial charge in [0.1, 0.15) is 11.3 Å². The van der Waals surface area contributed by atoms with Crippen molar-refractivity contribution in [3.8, 4) is 5.75 Å². The molecule has 1 N–H and O–H groups in total. The summed E-state index contributed by atoms with van der Waals surface area (Å²) in [6, 6.07) is 10.6. The topological polar surface area (TPSA) is 133 Å². The standard InChI is InChI=1S/C19H14IN3O7/c1-28-18(24)10-29-16-4-2-11(6-14(16)20)9-21-22-19(25)17-8-12-7-13(23(26)27)3-5-15(12)30-17/h2-9H,10H2,1H3,(H,22,25)/b21-9+. The number of carbonyl (C=O) groups is 2. The first-order valence-electron chi connectivity index (χ1n) is 8.38. The van der Waals surface area contributed by atoms with E-state index in [0.29, 0.717) is 22.3 Å².